The maximum atomic E-state index is 13.5. The van der Waals surface area contributed by atoms with Crippen molar-refractivity contribution < 1.29 is 51.0 Å². The summed E-state index contributed by atoms with van der Waals surface area (Å²) < 4.78 is 66.7. The van der Waals surface area contributed by atoms with Crippen LogP contribution in [-0.2, 0) is 11.2 Å². The molecule has 55 heavy (non-hydrogen) atoms. The number of amides is 2. The van der Waals surface area contributed by atoms with Crippen LogP contribution in [0, 0.1) is 35.5 Å². The average Bonchev–Trinajstić information content (AvgIpc) is 3.86. The van der Waals surface area contributed by atoms with Crippen LogP contribution in [0.3, 0.4) is 0 Å². The maximum absolute atomic E-state index is 13.5. The number of rotatable bonds is 7. The summed E-state index contributed by atoms with van der Waals surface area (Å²) in [6, 6.07) is 13.2. The SMILES string of the molecule is COc1nc2[nH]cc(C(=O)C(=O)N3CCCC3)c2cc1C(=O)N1CCC(Cc2ccc(F)cc2)CC1.Fc1cccc(F)n1.O=C(O)c1ccc(F)nc1F. The zero-order chi connectivity index (χ0) is 39.6. The minimum Gasteiger partial charge on any atom is -0.480 e. The predicted octanol–water partition coefficient (Wildman–Crippen LogP) is 6.03. The van der Waals surface area contributed by atoms with E-state index in [0.717, 1.165) is 61.9 Å². The third kappa shape index (κ3) is 10.2. The van der Waals surface area contributed by atoms with Crippen LogP contribution in [0.25, 0.3) is 11.0 Å². The Kier molecular flexibility index (Phi) is 13.2. The fourth-order valence-corrected chi connectivity index (χ4v) is 6.13. The highest BCUT2D eigenvalue weighted by molar-refractivity contribution is 6.44. The second-order valence-electron chi connectivity index (χ2n) is 12.6. The van der Waals surface area contributed by atoms with Crippen LogP contribution in [0.5, 0.6) is 5.88 Å². The number of carboxylic acid groups (broad SMARTS) is 1. The number of carboxylic acids is 1. The Labute approximate surface area is 311 Å². The molecule has 7 rings (SSSR count). The van der Waals surface area contributed by atoms with Gasteiger partial charge in [0.1, 0.15) is 22.6 Å². The molecule has 2 amide bonds. The van der Waals surface area contributed by atoms with Crippen LogP contribution in [0.15, 0.2) is 66.9 Å². The number of aromatic amines is 1. The summed E-state index contributed by atoms with van der Waals surface area (Å²) in [7, 11) is 1.45. The van der Waals surface area contributed by atoms with E-state index >= 15 is 0 Å². The van der Waals surface area contributed by atoms with Crippen LogP contribution >= 0.6 is 0 Å². The fourth-order valence-electron chi connectivity index (χ4n) is 6.13. The summed E-state index contributed by atoms with van der Waals surface area (Å²) in [4.78, 5) is 65.5. The molecule has 2 N–H and O–H groups in total. The van der Waals surface area contributed by atoms with Gasteiger partial charge < -0.3 is 24.6 Å². The lowest BCUT2D eigenvalue weighted by atomic mass is 9.90. The smallest absolute Gasteiger partial charge is 0.340 e. The molecular weight excluding hydrogens is 731 g/mol. The summed E-state index contributed by atoms with van der Waals surface area (Å²) in [5, 5.41) is 8.69. The molecule has 17 heteroatoms. The number of aromatic nitrogens is 4. The van der Waals surface area contributed by atoms with Crippen molar-refractivity contribution in [2.24, 2.45) is 5.92 Å². The molecule has 0 bridgehead atoms. The topological polar surface area (TPSA) is 159 Å². The van der Waals surface area contributed by atoms with E-state index in [1.807, 2.05) is 12.1 Å². The van der Waals surface area contributed by atoms with E-state index in [2.05, 4.69) is 19.9 Å². The van der Waals surface area contributed by atoms with Crippen molar-refractivity contribution in [3.05, 3.63) is 119 Å². The highest BCUT2D eigenvalue weighted by atomic mass is 19.2. The monoisotopic (exact) mass is 766 g/mol. The number of carbonyl (C=O) groups is 4. The summed E-state index contributed by atoms with van der Waals surface area (Å²) >= 11 is 0. The number of likely N-dealkylation sites (tertiary alicyclic amines) is 2. The molecule has 0 unspecified atom stereocenters. The molecule has 0 atom stereocenters. The Morgan fingerprint density at radius 2 is 1.42 bits per heavy atom. The maximum Gasteiger partial charge on any atom is 0.340 e. The molecule has 0 aliphatic carbocycles. The van der Waals surface area contributed by atoms with Crippen molar-refractivity contribution in [3.63, 3.8) is 0 Å². The number of nitrogens with one attached hydrogen (secondary N) is 1. The van der Waals surface area contributed by atoms with Gasteiger partial charge in [-0.25, -0.2) is 9.18 Å². The van der Waals surface area contributed by atoms with Crippen LogP contribution < -0.4 is 4.74 Å². The largest absolute Gasteiger partial charge is 0.480 e. The summed E-state index contributed by atoms with van der Waals surface area (Å²) in [6.07, 6.45) is 5.77. The number of fused-ring (bicyclic) bond motifs is 1. The molecule has 0 saturated carbocycles. The molecule has 6 heterocycles. The number of aromatic carboxylic acids is 1. The van der Waals surface area contributed by atoms with Crippen LogP contribution in [0.1, 0.15) is 62.3 Å². The lowest BCUT2D eigenvalue weighted by Gasteiger charge is -2.32. The lowest BCUT2D eigenvalue weighted by molar-refractivity contribution is -0.125. The van der Waals surface area contributed by atoms with Gasteiger partial charge in [0, 0.05) is 37.8 Å². The van der Waals surface area contributed by atoms with Crippen LogP contribution in [0.4, 0.5) is 22.0 Å². The van der Waals surface area contributed by atoms with Gasteiger partial charge in [-0.3, -0.25) is 14.4 Å². The van der Waals surface area contributed by atoms with Gasteiger partial charge in [0.05, 0.1) is 12.7 Å². The van der Waals surface area contributed by atoms with Gasteiger partial charge in [-0.1, -0.05) is 18.2 Å². The predicted molar refractivity (Wildman–Crippen MR) is 187 cm³/mol. The number of H-pyrrole nitrogens is 1. The van der Waals surface area contributed by atoms with Crippen molar-refractivity contribution in [1.29, 1.82) is 0 Å². The number of hydrogen-bond donors (Lipinski definition) is 2. The number of hydrogen-bond acceptors (Lipinski definition) is 8. The number of Topliss-reactive ketones (excluding diaryl/α,β-unsaturated/α-hetero) is 1. The first kappa shape index (κ1) is 39.9. The number of ether oxygens (including phenoxy) is 1. The average molecular weight is 767 g/mol. The van der Waals surface area contributed by atoms with Gasteiger partial charge >= 0.3 is 5.97 Å². The normalized spacial score (nSPS) is 14.1. The number of nitrogens with zero attached hydrogens (tertiary/aromatic N) is 5. The highest BCUT2D eigenvalue weighted by Crippen LogP contribution is 2.29. The number of halogens is 5. The van der Waals surface area contributed by atoms with E-state index in [9.17, 15) is 41.1 Å². The molecule has 4 aromatic heterocycles. The lowest BCUT2D eigenvalue weighted by Crippen LogP contribution is -2.39. The quantitative estimate of drug-likeness (QED) is 0.0874. The van der Waals surface area contributed by atoms with Gasteiger partial charge in [-0.05, 0) is 86.1 Å². The molecule has 12 nitrogen and oxygen atoms in total. The first-order valence-electron chi connectivity index (χ1n) is 17.1. The Morgan fingerprint density at radius 1 is 0.782 bits per heavy atom. The summed E-state index contributed by atoms with van der Waals surface area (Å²) in [5.41, 5.74) is 1.32. The van der Waals surface area contributed by atoms with Crippen molar-refractivity contribution in [1.82, 2.24) is 29.7 Å². The van der Waals surface area contributed by atoms with E-state index in [1.165, 1.54) is 31.5 Å². The summed E-state index contributed by atoms with van der Waals surface area (Å²) in [5.74, 6) is -6.39. The van der Waals surface area contributed by atoms with Crippen molar-refractivity contribution >= 4 is 34.6 Å². The number of methoxy groups -OCH3 is 1. The molecule has 2 fully saturated rings. The number of carbonyl (C=O) groups excluding carboxylic acids is 3. The number of benzene rings is 1. The van der Waals surface area contributed by atoms with Gasteiger partial charge in [-0.15, -0.1) is 0 Å². The second kappa shape index (κ2) is 18.2. The molecule has 0 radical (unpaired) electrons. The van der Waals surface area contributed by atoms with Gasteiger partial charge in [0.15, 0.2) is 0 Å². The zero-order valence-electron chi connectivity index (χ0n) is 29.4. The van der Waals surface area contributed by atoms with Crippen LogP contribution in [0.2, 0.25) is 0 Å². The molecule has 1 aromatic carbocycles. The number of piperidine rings is 1. The Bertz CT molecular complexity index is 2150. The Hall–Kier alpha value is -6.26. The first-order chi connectivity index (χ1) is 26.3. The zero-order valence-corrected chi connectivity index (χ0v) is 29.4. The minimum absolute atomic E-state index is 0.174. The second-order valence-corrected chi connectivity index (χ2v) is 12.6. The van der Waals surface area contributed by atoms with Crippen molar-refractivity contribution in [2.45, 2.75) is 32.1 Å². The minimum atomic E-state index is -1.46. The third-order valence-corrected chi connectivity index (χ3v) is 8.95. The van der Waals surface area contributed by atoms with E-state index < -0.39 is 47.0 Å². The van der Waals surface area contributed by atoms with E-state index in [1.54, 1.807) is 15.9 Å². The Balaban J connectivity index is 0.000000248. The van der Waals surface area contributed by atoms with Crippen molar-refractivity contribution in [2.75, 3.05) is 33.3 Å². The van der Waals surface area contributed by atoms with E-state index in [0.29, 0.717) is 43.1 Å². The molecular formula is C38H35F5N6O6. The molecule has 5 aromatic rings. The highest BCUT2D eigenvalue weighted by Gasteiger charge is 2.30. The van der Waals surface area contributed by atoms with E-state index in [4.69, 9.17) is 9.84 Å². The molecule has 0 spiro atoms. The first-order valence-corrected chi connectivity index (χ1v) is 17.1. The van der Waals surface area contributed by atoms with Crippen LogP contribution in [-0.4, -0.2) is 91.7 Å². The van der Waals surface area contributed by atoms with E-state index in [-0.39, 0.29) is 28.7 Å². The standard InChI is InChI=1S/C27H29FN4O4.C6H3F2NO2.C5H3F2N/c1-36-25-21(26(34)32-12-8-18(9-13-32)14-17-4-6-19(28)7-5-17)15-20-22(16-29-24(20)30-25)23(33)27(35)31-10-2-3-11-31;7-4-2-1-3(6(10)11)5(8)9-4;6-4-2-1-3-5(7)8-4/h4-7,15-16,18H,2-3,8-14H2,1H3,(H,29,30);1-2H,(H,10,11);1-3H. The molecule has 2 aliphatic rings. The third-order valence-electron chi connectivity index (χ3n) is 8.95. The molecule has 2 saturated heterocycles. The number of pyridine rings is 3. The van der Waals surface area contributed by atoms with Gasteiger partial charge in [0.2, 0.25) is 29.7 Å². The summed E-state index contributed by atoms with van der Waals surface area (Å²) in [6.45, 7) is 2.33. The van der Waals surface area contributed by atoms with Gasteiger partial charge in [0.25, 0.3) is 17.6 Å². The number of ketones is 1. The Morgan fingerprint density at radius 3 is 1.98 bits per heavy atom. The molecule has 2 aliphatic heterocycles. The fraction of sp³-hybridized carbons (Fsp3) is 0.289. The van der Waals surface area contributed by atoms with Gasteiger partial charge in [-0.2, -0.15) is 32.5 Å². The molecule has 288 valence electrons. The van der Waals surface area contributed by atoms with Crippen molar-refractivity contribution in [3.8, 4) is 5.88 Å².